The summed E-state index contributed by atoms with van der Waals surface area (Å²) in [4.78, 5) is 4.34. The van der Waals surface area contributed by atoms with E-state index in [2.05, 4.69) is 43.1 Å². The van der Waals surface area contributed by atoms with Crippen LogP contribution in [0.5, 0.6) is 0 Å². The first-order valence-electron chi connectivity index (χ1n) is 7.63. The molecule has 0 aromatic heterocycles. The molecule has 2 rings (SSSR count). The third-order valence-corrected chi connectivity index (χ3v) is 4.16. The van der Waals surface area contributed by atoms with Crippen molar-refractivity contribution in [3.05, 3.63) is 59.3 Å². The number of allylic oxidation sites excluding steroid dienone is 5. The Hall–Kier alpha value is -2.80. The van der Waals surface area contributed by atoms with Crippen LogP contribution < -0.4 is 11.5 Å². The van der Waals surface area contributed by atoms with Gasteiger partial charge in [0, 0.05) is 5.70 Å². The van der Waals surface area contributed by atoms with Crippen LogP contribution in [-0.4, -0.2) is 5.84 Å². The molecule has 2 unspecified atom stereocenters. The minimum Gasteiger partial charge on any atom is -0.401 e. The highest BCUT2D eigenvalue weighted by atomic mass is 14.9. The number of hydrogen-bond donors (Lipinski definition) is 2. The number of hydrogen-bond acceptors (Lipinski definition) is 3. The standard InChI is InChI=1S/C19H22N4/c1-12-6-4-9-17(13(12)2)15-7-5-8-16(10-15)23-19(22)18(11-20)14(3)21/h4-10,12-13H,21H2,1-3H3,(H2,22,23). The van der Waals surface area contributed by atoms with Crippen LogP contribution in [0.25, 0.3) is 5.57 Å². The molecule has 0 bridgehead atoms. The van der Waals surface area contributed by atoms with Gasteiger partial charge in [-0.1, -0.05) is 44.2 Å². The van der Waals surface area contributed by atoms with Gasteiger partial charge >= 0.3 is 0 Å². The van der Waals surface area contributed by atoms with Crippen molar-refractivity contribution in [1.82, 2.24) is 0 Å². The fraction of sp³-hybridized carbons (Fsp3) is 0.263. The van der Waals surface area contributed by atoms with Gasteiger partial charge in [-0.05, 0) is 42.0 Å². The lowest BCUT2D eigenvalue weighted by atomic mass is 9.81. The average molecular weight is 306 g/mol. The number of nitrogens with zero attached hydrogens (tertiary/aromatic N) is 2. The van der Waals surface area contributed by atoms with E-state index in [4.69, 9.17) is 16.7 Å². The number of rotatable bonds is 3. The third kappa shape index (κ3) is 3.70. The first-order chi connectivity index (χ1) is 10.9. The lowest BCUT2D eigenvalue weighted by Gasteiger charge is -2.23. The average Bonchev–Trinajstić information content (AvgIpc) is 2.50. The molecule has 1 aliphatic rings. The Bertz CT molecular complexity index is 756. The van der Waals surface area contributed by atoms with E-state index in [0.29, 0.717) is 23.2 Å². The topological polar surface area (TPSA) is 88.2 Å². The Morgan fingerprint density at radius 3 is 2.65 bits per heavy atom. The lowest BCUT2D eigenvalue weighted by Crippen LogP contribution is -2.17. The Balaban J connectivity index is 2.39. The van der Waals surface area contributed by atoms with Gasteiger partial charge in [0.2, 0.25) is 0 Å². The van der Waals surface area contributed by atoms with Gasteiger partial charge in [-0.25, -0.2) is 4.99 Å². The largest absolute Gasteiger partial charge is 0.401 e. The van der Waals surface area contributed by atoms with Crippen LogP contribution >= 0.6 is 0 Å². The molecule has 0 heterocycles. The molecule has 1 aliphatic carbocycles. The van der Waals surface area contributed by atoms with Crippen LogP contribution in [0.3, 0.4) is 0 Å². The van der Waals surface area contributed by atoms with Crippen molar-refractivity contribution < 1.29 is 0 Å². The molecule has 118 valence electrons. The highest BCUT2D eigenvalue weighted by Crippen LogP contribution is 2.34. The van der Waals surface area contributed by atoms with Crippen molar-refractivity contribution >= 4 is 17.1 Å². The monoisotopic (exact) mass is 306 g/mol. The molecule has 4 nitrogen and oxygen atoms in total. The zero-order valence-corrected chi connectivity index (χ0v) is 13.7. The van der Waals surface area contributed by atoms with Crippen molar-refractivity contribution in [3.8, 4) is 6.07 Å². The molecule has 0 radical (unpaired) electrons. The molecule has 1 aromatic carbocycles. The lowest BCUT2D eigenvalue weighted by molar-refractivity contribution is 0.568. The van der Waals surface area contributed by atoms with Gasteiger partial charge < -0.3 is 11.5 Å². The quantitative estimate of drug-likeness (QED) is 0.507. The first kappa shape index (κ1) is 16.6. The van der Waals surface area contributed by atoms with Gasteiger partial charge in [-0.3, -0.25) is 0 Å². The number of nitriles is 1. The molecular formula is C19H22N4. The van der Waals surface area contributed by atoms with Crippen LogP contribution in [0.4, 0.5) is 5.69 Å². The second-order valence-electron chi connectivity index (χ2n) is 5.87. The summed E-state index contributed by atoms with van der Waals surface area (Å²) in [7, 11) is 0. The fourth-order valence-corrected chi connectivity index (χ4v) is 2.59. The van der Waals surface area contributed by atoms with Gasteiger partial charge in [0.1, 0.15) is 17.5 Å². The van der Waals surface area contributed by atoms with Crippen molar-refractivity contribution in [3.63, 3.8) is 0 Å². The maximum atomic E-state index is 9.10. The van der Waals surface area contributed by atoms with Gasteiger partial charge in [0.05, 0.1) is 5.69 Å². The van der Waals surface area contributed by atoms with Crippen molar-refractivity contribution in [1.29, 1.82) is 5.26 Å². The van der Waals surface area contributed by atoms with Gasteiger partial charge in [0.15, 0.2) is 0 Å². The van der Waals surface area contributed by atoms with Crippen LogP contribution in [-0.2, 0) is 0 Å². The summed E-state index contributed by atoms with van der Waals surface area (Å²) in [6.07, 6.45) is 6.45. The number of amidine groups is 1. The predicted molar refractivity (Wildman–Crippen MR) is 95.7 cm³/mol. The van der Waals surface area contributed by atoms with Crippen molar-refractivity contribution in [2.75, 3.05) is 0 Å². The van der Waals surface area contributed by atoms with E-state index in [-0.39, 0.29) is 11.4 Å². The zero-order chi connectivity index (χ0) is 17.0. The molecule has 0 saturated heterocycles. The molecular weight excluding hydrogens is 284 g/mol. The van der Waals surface area contributed by atoms with Crippen LogP contribution in [0, 0.1) is 23.2 Å². The van der Waals surface area contributed by atoms with E-state index in [0.717, 1.165) is 5.56 Å². The van der Waals surface area contributed by atoms with E-state index in [1.54, 1.807) is 6.92 Å². The van der Waals surface area contributed by atoms with Crippen molar-refractivity contribution in [2.45, 2.75) is 20.8 Å². The Morgan fingerprint density at radius 2 is 2.00 bits per heavy atom. The van der Waals surface area contributed by atoms with E-state index in [1.165, 1.54) is 5.57 Å². The SMILES string of the molecule is CC(N)=C(C#N)C(N)=Nc1cccc(C2=CC=CC(C)C2C)c1. The normalized spacial score (nSPS) is 22.2. The molecule has 23 heavy (non-hydrogen) atoms. The Morgan fingerprint density at radius 1 is 1.26 bits per heavy atom. The second kappa shape index (κ2) is 6.97. The maximum absolute atomic E-state index is 9.10. The highest BCUT2D eigenvalue weighted by Gasteiger charge is 2.18. The van der Waals surface area contributed by atoms with Crippen LogP contribution in [0.2, 0.25) is 0 Å². The molecule has 1 aromatic rings. The highest BCUT2D eigenvalue weighted by molar-refractivity contribution is 6.02. The minimum atomic E-state index is 0.142. The number of nitrogens with two attached hydrogens (primary N) is 2. The summed E-state index contributed by atoms with van der Waals surface area (Å²) < 4.78 is 0. The van der Waals surface area contributed by atoms with E-state index >= 15 is 0 Å². The van der Waals surface area contributed by atoms with E-state index in [9.17, 15) is 0 Å². The maximum Gasteiger partial charge on any atom is 0.143 e. The Kier molecular flexibility index (Phi) is 5.02. The summed E-state index contributed by atoms with van der Waals surface area (Å²) in [6.45, 7) is 6.07. The first-order valence-corrected chi connectivity index (χ1v) is 7.63. The van der Waals surface area contributed by atoms with Crippen molar-refractivity contribution in [2.24, 2.45) is 28.3 Å². The zero-order valence-electron chi connectivity index (χ0n) is 13.7. The molecule has 0 fully saturated rings. The molecule has 0 spiro atoms. The molecule has 0 saturated carbocycles. The van der Waals surface area contributed by atoms with Crippen LogP contribution in [0.1, 0.15) is 26.3 Å². The minimum absolute atomic E-state index is 0.142. The van der Waals surface area contributed by atoms with E-state index in [1.807, 2.05) is 24.3 Å². The van der Waals surface area contributed by atoms with Gasteiger partial charge in [0.25, 0.3) is 0 Å². The smallest absolute Gasteiger partial charge is 0.143 e. The van der Waals surface area contributed by atoms with E-state index < -0.39 is 0 Å². The molecule has 4 heteroatoms. The summed E-state index contributed by atoms with van der Waals surface area (Å²) in [5, 5.41) is 9.10. The molecule has 0 amide bonds. The molecule has 4 N–H and O–H groups in total. The Labute approximate surface area is 137 Å². The predicted octanol–water partition coefficient (Wildman–Crippen LogP) is 3.66. The molecule has 2 atom stereocenters. The van der Waals surface area contributed by atoms with Crippen LogP contribution in [0.15, 0.2) is 58.8 Å². The summed E-state index contributed by atoms with van der Waals surface area (Å²) in [5.74, 6) is 1.08. The number of benzene rings is 1. The van der Waals surface area contributed by atoms with Gasteiger partial charge in [-0.2, -0.15) is 5.26 Å². The summed E-state index contributed by atoms with van der Waals surface area (Å²) in [5.41, 5.74) is 15.3. The second-order valence-corrected chi connectivity index (χ2v) is 5.87. The summed E-state index contributed by atoms with van der Waals surface area (Å²) >= 11 is 0. The molecule has 0 aliphatic heterocycles. The van der Waals surface area contributed by atoms with Gasteiger partial charge in [-0.15, -0.1) is 0 Å². The summed E-state index contributed by atoms with van der Waals surface area (Å²) in [6, 6.07) is 9.86. The number of aliphatic imine (C=N–C) groups is 1. The third-order valence-electron chi connectivity index (χ3n) is 4.16. The fourth-order valence-electron chi connectivity index (χ4n) is 2.59.